The number of hydrogen-bond donors (Lipinski definition) is 2. The SMILES string of the molecule is C1NCC2NC1C2N1CC2CN(C2)C1. The summed E-state index contributed by atoms with van der Waals surface area (Å²) < 4.78 is 0. The summed E-state index contributed by atoms with van der Waals surface area (Å²) in [6, 6.07) is 2.29. The second kappa shape index (κ2) is 2.70. The van der Waals surface area contributed by atoms with E-state index in [9.17, 15) is 0 Å². The number of nitrogens with one attached hydrogen (secondary N) is 2. The fourth-order valence-corrected chi connectivity index (χ4v) is 3.67. The molecule has 0 aromatic heterocycles. The van der Waals surface area contributed by atoms with Crippen molar-refractivity contribution in [2.24, 2.45) is 5.92 Å². The second-order valence-corrected chi connectivity index (χ2v) is 5.34. The van der Waals surface area contributed by atoms with Crippen molar-refractivity contribution in [1.82, 2.24) is 20.4 Å². The van der Waals surface area contributed by atoms with Gasteiger partial charge in [0.15, 0.2) is 0 Å². The Morgan fingerprint density at radius 2 is 1.79 bits per heavy atom. The lowest BCUT2D eigenvalue weighted by Crippen LogP contribution is -2.82. The summed E-state index contributed by atoms with van der Waals surface area (Å²) in [5.74, 6) is 0.984. The fraction of sp³-hybridized carbons (Fsp3) is 1.00. The van der Waals surface area contributed by atoms with E-state index >= 15 is 0 Å². The molecule has 4 bridgehead atoms. The first-order valence-electron chi connectivity index (χ1n) is 5.83. The molecule has 0 saturated carbocycles. The van der Waals surface area contributed by atoms with Gasteiger partial charge in [-0.1, -0.05) is 0 Å². The van der Waals surface area contributed by atoms with Crippen molar-refractivity contribution < 1.29 is 0 Å². The van der Waals surface area contributed by atoms with Crippen LogP contribution < -0.4 is 10.6 Å². The second-order valence-electron chi connectivity index (χ2n) is 5.34. The van der Waals surface area contributed by atoms with Crippen LogP contribution in [-0.2, 0) is 0 Å². The predicted octanol–water partition coefficient (Wildman–Crippen LogP) is -1.50. The third-order valence-electron chi connectivity index (χ3n) is 4.31. The Hall–Kier alpha value is -0.160. The molecule has 2 unspecified atom stereocenters. The molecular formula is C10H18N4. The molecule has 4 heteroatoms. The molecule has 0 aromatic carbocycles. The minimum atomic E-state index is 0.729. The smallest absolute Gasteiger partial charge is 0.0510 e. The Morgan fingerprint density at radius 1 is 1.00 bits per heavy atom. The van der Waals surface area contributed by atoms with E-state index in [0.717, 1.165) is 24.0 Å². The number of piperidine rings is 1. The molecule has 0 aliphatic carbocycles. The normalized spacial score (nSPS) is 56.1. The van der Waals surface area contributed by atoms with E-state index in [4.69, 9.17) is 0 Å². The van der Waals surface area contributed by atoms with Crippen molar-refractivity contribution >= 4 is 0 Å². The van der Waals surface area contributed by atoms with Gasteiger partial charge in [0.2, 0.25) is 0 Å². The highest BCUT2D eigenvalue weighted by atomic mass is 15.4. The van der Waals surface area contributed by atoms with Crippen molar-refractivity contribution in [2.75, 3.05) is 39.4 Å². The van der Waals surface area contributed by atoms with Crippen molar-refractivity contribution in [3.8, 4) is 0 Å². The Kier molecular flexibility index (Phi) is 1.55. The van der Waals surface area contributed by atoms with E-state index in [1.807, 2.05) is 0 Å². The molecule has 4 nitrogen and oxygen atoms in total. The van der Waals surface area contributed by atoms with E-state index in [-0.39, 0.29) is 0 Å². The maximum Gasteiger partial charge on any atom is 0.0510 e. The van der Waals surface area contributed by atoms with Crippen molar-refractivity contribution in [3.63, 3.8) is 0 Å². The summed E-state index contributed by atoms with van der Waals surface area (Å²) in [6.07, 6.45) is 0. The van der Waals surface area contributed by atoms with Gasteiger partial charge in [-0.15, -0.1) is 0 Å². The Bertz CT molecular complexity index is 227. The van der Waals surface area contributed by atoms with Gasteiger partial charge in [0.25, 0.3) is 0 Å². The molecule has 2 N–H and O–H groups in total. The summed E-state index contributed by atoms with van der Waals surface area (Å²) in [4.78, 5) is 5.29. The molecule has 6 aliphatic heterocycles. The summed E-state index contributed by atoms with van der Waals surface area (Å²) in [7, 11) is 0. The standard InChI is InChI=1S/C10H18N4/c1-8-10(9(12-8)2-11-1)14-5-7-3-13(4-7)6-14/h7-12H,1-6H2. The number of piperazine rings is 1. The molecule has 78 valence electrons. The topological polar surface area (TPSA) is 30.5 Å². The average molecular weight is 194 g/mol. The molecule has 6 fully saturated rings. The molecule has 0 spiro atoms. The lowest BCUT2D eigenvalue weighted by Gasteiger charge is -2.60. The highest BCUT2D eigenvalue weighted by Crippen LogP contribution is 2.30. The van der Waals surface area contributed by atoms with E-state index in [0.29, 0.717) is 0 Å². The Balaban J connectivity index is 1.48. The van der Waals surface area contributed by atoms with Gasteiger partial charge in [-0.25, -0.2) is 0 Å². The maximum absolute atomic E-state index is 3.63. The van der Waals surface area contributed by atoms with E-state index in [1.165, 1.54) is 39.4 Å². The van der Waals surface area contributed by atoms with Crippen molar-refractivity contribution in [2.45, 2.75) is 18.1 Å². The zero-order valence-corrected chi connectivity index (χ0v) is 8.45. The fourth-order valence-electron chi connectivity index (χ4n) is 3.67. The summed E-state index contributed by atoms with van der Waals surface area (Å²) >= 11 is 0. The van der Waals surface area contributed by atoms with Crippen LogP contribution in [-0.4, -0.2) is 67.3 Å². The lowest BCUT2D eigenvalue weighted by atomic mass is 9.83. The van der Waals surface area contributed by atoms with Gasteiger partial charge in [-0.05, 0) is 5.92 Å². The zero-order valence-electron chi connectivity index (χ0n) is 8.45. The van der Waals surface area contributed by atoms with E-state index in [1.54, 1.807) is 0 Å². The van der Waals surface area contributed by atoms with Crippen LogP contribution in [0.2, 0.25) is 0 Å². The lowest BCUT2D eigenvalue weighted by molar-refractivity contribution is -0.102. The van der Waals surface area contributed by atoms with Crippen LogP contribution in [0.15, 0.2) is 0 Å². The molecule has 0 amide bonds. The predicted molar refractivity (Wildman–Crippen MR) is 54.0 cm³/mol. The van der Waals surface area contributed by atoms with E-state index < -0.39 is 0 Å². The van der Waals surface area contributed by atoms with Crippen LogP contribution in [0, 0.1) is 5.92 Å². The van der Waals surface area contributed by atoms with Gasteiger partial charge >= 0.3 is 0 Å². The number of nitrogens with zero attached hydrogens (tertiary/aromatic N) is 2. The maximum atomic E-state index is 3.63. The highest BCUT2D eigenvalue weighted by molar-refractivity contribution is 5.10. The van der Waals surface area contributed by atoms with Gasteiger partial charge < -0.3 is 10.6 Å². The van der Waals surface area contributed by atoms with E-state index in [2.05, 4.69) is 20.4 Å². The van der Waals surface area contributed by atoms with Crippen LogP contribution in [0.4, 0.5) is 0 Å². The van der Waals surface area contributed by atoms with Crippen molar-refractivity contribution in [1.29, 1.82) is 0 Å². The monoisotopic (exact) mass is 194 g/mol. The van der Waals surface area contributed by atoms with Gasteiger partial charge in [-0.3, -0.25) is 9.80 Å². The molecule has 2 atom stereocenters. The van der Waals surface area contributed by atoms with Crippen LogP contribution in [0.5, 0.6) is 0 Å². The average Bonchev–Trinajstić information content (AvgIpc) is 2.17. The Labute approximate surface area is 84.6 Å². The minimum Gasteiger partial charge on any atom is -0.314 e. The first-order chi connectivity index (χ1) is 6.90. The first-order valence-corrected chi connectivity index (χ1v) is 5.83. The Morgan fingerprint density at radius 3 is 2.36 bits per heavy atom. The van der Waals surface area contributed by atoms with Crippen LogP contribution >= 0.6 is 0 Å². The summed E-state index contributed by atoms with van der Waals surface area (Å²) in [5.41, 5.74) is 0. The first kappa shape index (κ1) is 8.05. The zero-order chi connectivity index (χ0) is 9.12. The number of hydrogen-bond acceptors (Lipinski definition) is 4. The summed E-state index contributed by atoms with van der Waals surface area (Å²) in [6.45, 7) is 7.66. The quantitative estimate of drug-likeness (QED) is 0.532. The molecule has 0 aromatic rings. The van der Waals surface area contributed by atoms with Gasteiger partial charge in [0, 0.05) is 50.8 Å². The van der Waals surface area contributed by atoms with Crippen LogP contribution in [0.25, 0.3) is 0 Å². The largest absolute Gasteiger partial charge is 0.314 e. The molecular weight excluding hydrogens is 176 g/mol. The number of fused-ring (bicyclic) bond motifs is 5. The minimum absolute atomic E-state index is 0.729. The molecule has 6 aliphatic rings. The van der Waals surface area contributed by atoms with Crippen molar-refractivity contribution in [3.05, 3.63) is 0 Å². The molecule has 6 heterocycles. The van der Waals surface area contributed by atoms with Gasteiger partial charge in [0.05, 0.1) is 6.67 Å². The third-order valence-corrected chi connectivity index (χ3v) is 4.31. The van der Waals surface area contributed by atoms with Gasteiger partial charge in [0.1, 0.15) is 0 Å². The summed E-state index contributed by atoms with van der Waals surface area (Å²) in [5, 5.41) is 7.11. The third kappa shape index (κ3) is 0.972. The molecule has 14 heavy (non-hydrogen) atoms. The molecule has 0 radical (unpaired) electrons. The molecule has 6 rings (SSSR count). The van der Waals surface area contributed by atoms with Crippen LogP contribution in [0.3, 0.4) is 0 Å². The van der Waals surface area contributed by atoms with Crippen LogP contribution in [0.1, 0.15) is 0 Å². The number of rotatable bonds is 1. The molecule has 6 saturated heterocycles. The highest BCUT2D eigenvalue weighted by Gasteiger charge is 2.49. The van der Waals surface area contributed by atoms with Gasteiger partial charge in [-0.2, -0.15) is 0 Å².